The zero-order valence-electron chi connectivity index (χ0n) is 11.5. The molecule has 0 aromatic carbocycles. The first-order valence-corrected chi connectivity index (χ1v) is 8.37. The van der Waals surface area contributed by atoms with Gasteiger partial charge in [-0.15, -0.1) is 10.2 Å². The van der Waals surface area contributed by atoms with Crippen LogP contribution < -0.4 is 0 Å². The molecule has 2 aromatic heterocycles. The number of aromatic nitrogens is 3. The van der Waals surface area contributed by atoms with Crippen LogP contribution in [0.3, 0.4) is 0 Å². The van der Waals surface area contributed by atoms with Crippen molar-refractivity contribution in [2.24, 2.45) is 0 Å². The summed E-state index contributed by atoms with van der Waals surface area (Å²) < 4.78 is 30.2. The molecule has 0 N–H and O–H groups in total. The van der Waals surface area contributed by atoms with Gasteiger partial charge in [0.1, 0.15) is 11.4 Å². The second-order valence-electron chi connectivity index (χ2n) is 5.06. The third-order valence-electron chi connectivity index (χ3n) is 3.78. The van der Waals surface area contributed by atoms with Gasteiger partial charge in [0.05, 0.1) is 18.1 Å². The van der Waals surface area contributed by atoms with Crippen molar-refractivity contribution in [2.45, 2.75) is 24.5 Å². The van der Waals surface area contributed by atoms with Crippen LogP contribution in [0, 0.1) is 0 Å². The smallest absolute Gasteiger partial charge is 0.341 e. The van der Waals surface area contributed by atoms with Crippen molar-refractivity contribution in [3.05, 3.63) is 29.7 Å². The summed E-state index contributed by atoms with van der Waals surface area (Å²) in [5.41, 5.74) is 0.697. The van der Waals surface area contributed by atoms with Gasteiger partial charge in [-0.25, -0.2) is 13.2 Å². The molecule has 2 aromatic rings. The maximum Gasteiger partial charge on any atom is 0.341 e. The zero-order valence-corrected chi connectivity index (χ0v) is 12.3. The number of nitrogens with zero attached hydrogens (tertiary/aromatic N) is 3. The molecule has 1 saturated heterocycles. The summed E-state index contributed by atoms with van der Waals surface area (Å²) in [5.74, 6) is 0.293. The number of carbonyl (C=O) groups excluding carboxylic acids is 1. The Hall–Kier alpha value is -1.96. The van der Waals surface area contributed by atoms with Crippen molar-refractivity contribution in [1.29, 1.82) is 0 Å². The Balaban J connectivity index is 2.00. The van der Waals surface area contributed by atoms with Gasteiger partial charge in [0, 0.05) is 12.6 Å². The lowest BCUT2D eigenvalue weighted by Crippen LogP contribution is -2.20. The summed E-state index contributed by atoms with van der Waals surface area (Å²) in [4.78, 5) is 11.7. The van der Waals surface area contributed by atoms with E-state index < -0.39 is 21.1 Å². The molecule has 1 unspecified atom stereocenters. The van der Waals surface area contributed by atoms with Gasteiger partial charge in [-0.05, 0) is 25.0 Å². The van der Waals surface area contributed by atoms with E-state index in [1.54, 1.807) is 22.7 Å². The quantitative estimate of drug-likeness (QED) is 0.773. The number of hydrogen-bond acceptors (Lipinski definition) is 6. The number of fused-ring (bicyclic) bond motifs is 1. The third kappa shape index (κ3) is 2.39. The number of ether oxygens (including phenoxy) is 1. The number of carbonyl (C=O) groups is 1. The van der Waals surface area contributed by atoms with E-state index in [2.05, 4.69) is 10.2 Å². The molecule has 1 aliphatic rings. The number of hydrogen-bond donors (Lipinski definition) is 0. The lowest BCUT2D eigenvalue weighted by atomic mass is 10.2. The summed E-state index contributed by atoms with van der Waals surface area (Å²) in [7, 11) is -1.74. The Morgan fingerprint density at radius 2 is 2.29 bits per heavy atom. The van der Waals surface area contributed by atoms with Crippen LogP contribution >= 0.6 is 0 Å². The molecule has 1 fully saturated rings. The largest absolute Gasteiger partial charge is 0.465 e. The molecular formula is C13H15N3O4S. The van der Waals surface area contributed by atoms with Gasteiger partial charge in [-0.3, -0.25) is 4.40 Å². The fraction of sp³-hybridized carbons (Fsp3) is 0.462. The summed E-state index contributed by atoms with van der Waals surface area (Å²) in [5, 5.41) is 7.63. The standard InChI is InChI=1S/C13H15N3O4S/c1-20-13(17)10-5-2-6-16-11(14-15-12(10)16)8-9-4-3-7-21(9,18)19/h2,5-6,9H,3-4,7-8H2,1H3. The highest BCUT2D eigenvalue weighted by atomic mass is 32.2. The van der Waals surface area contributed by atoms with Crippen LogP contribution in [0.1, 0.15) is 29.0 Å². The molecule has 0 bridgehead atoms. The third-order valence-corrected chi connectivity index (χ3v) is 6.06. The Morgan fingerprint density at radius 1 is 1.48 bits per heavy atom. The first-order valence-electron chi connectivity index (χ1n) is 6.65. The average Bonchev–Trinajstić information content (AvgIpc) is 3.02. The highest BCUT2D eigenvalue weighted by Gasteiger charge is 2.32. The van der Waals surface area contributed by atoms with Crippen molar-refractivity contribution in [3.8, 4) is 0 Å². The molecule has 0 aliphatic carbocycles. The second-order valence-corrected chi connectivity index (χ2v) is 7.46. The van der Waals surface area contributed by atoms with Gasteiger partial charge in [-0.1, -0.05) is 0 Å². The van der Waals surface area contributed by atoms with Crippen molar-refractivity contribution in [3.63, 3.8) is 0 Å². The monoisotopic (exact) mass is 309 g/mol. The Labute approximate surface area is 121 Å². The summed E-state index contributed by atoms with van der Waals surface area (Å²) in [6.45, 7) is 0. The molecule has 3 heterocycles. The van der Waals surface area contributed by atoms with E-state index >= 15 is 0 Å². The van der Waals surface area contributed by atoms with E-state index in [9.17, 15) is 13.2 Å². The molecule has 7 nitrogen and oxygen atoms in total. The van der Waals surface area contributed by atoms with Crippen LogP contribution in [0.25, 0.3) is 5.65 Å². The topological polar surface area (TPSA) is 90.6 Å². The Kier molecular flexibility index (Phi) is 3.40. The van der Waals surface area contributed by atoms with Gasteiger partial charge in [0.25, 0.3) is 0 Å². The number of sulfone groups is 1. The van der Waals surface area contributed by atoms with Crippen molar-refractivity contribution >= 4 is 21.5 Å². The number of pyridine rings is 1. The van der Waals surface area contributed by atoms with Crippen molar-refractivity contribution in [1.82, 2.24) is 14.6 Å². The lowest BCUT2D eigenvalue weighted by Gasteiger charge is -2.08. The SMILES string of the molecule is COC(=O)c1cccn2c(CC3CCCS3(=O)=O)nnc12. The van der Waals surface area contributed by atoms with Gasteiger partial charge in [-0.2, -0.15) is 0 Å². The van der Waals surface area contributed by atoms with Crippen LogP contribution in [0.5, 0.6) is 0 Å². The molecule has 0 spiro atoms. The molecule has 8 heteroatoms. The number of rotatable bonds is 3. The van der Waals surface area contributed by atoms with Gasteiger partial charge in [0.2, 0.25) is 0 Å². The fourth-order valence-corrected chi connectivity index (χ4v) is 4.49. The molecule has 0 radical (unpaired) electrons. The molecule has 1 atom stereocenters. The highest BCUT2D eigenvalue weighted by molar-refractivity contribution is 7.92. The minimum Gasteiger partial charge on any atom is -0.465 e. The van der Waals surface area contributed by atoms with Gasteiger partial charge < -0.3 is 4.74 Å². The van der Waals surface area contributed by atoms with Crippen LogP contribution in [-0.4, -0.2) is 47.1 Å². The Bertz CT molecular complexity index is 797. The second kappa shape index (κ2) is 5.10. The summed E-state index contributed by atoms with van der Waals surface area (Å²) >= 11 is 0. The first kappa shape index (κ1) is 14.0. The maximum absolute atomic E-state index is 11.9. The Morgan fingerprint density at radius 3 is 2.95 bits per heavy atom. The van der Waals surface area contributed by atoms with Crippen molar-refractivity contribution < 1.29 is 17.9 Å². The highest BCUT2D eigenvalue weighted by Crippen LogP contribution is 2.23. The molecule has 0 amide bonds. The molecule has 3 rings (SSSR count). The van der Waals surface area contributed by atoms with Crippen LogP contribution in [0.2, 0.25) is 0 Å². The molecule has 1 aliphatic heterocycles. The van der Waals surface area contributed by atoms with Crippen molar-refractivity contribution in [2.75, 3.05) is 12.9 Å². The summed E-state index contributed by atoms with van der Waals surface area (Å²) in [6.07, 6.45) is 3.37. The molecule has 0 saturated carbocycles. The predicted molar refractivity (Wildman–Crippen MR) is 74.8 cm³/mol. The normalized spacial score (nSPS) is 20.7. The van der Waals surface area contributed by atoms with Gasteiger partial charge in [0.15, 0.2) is 15.5 Å². The maximum atomic E-state index is 11.9. The minimum absolute atomic E-state index is 0.238. The first-order chi connectivity index (χ1) is 10.0. The van der Waals surface area contributed by atoms with E-state index in [1.165, 1.54) is 7.11 Å². The van der Waals surface area contributed by atoms with E-state index in [1.807, 2.05) is 0 Å². The predicted octanol–water partition coefficient (Wildman–Crippen LogP) is 0.636. The molecule has 21 heavy (non-hydrogen) atoms. The van der Waals surface area contributed by atoms with E-state index in [0.29, 0.717) is 36.3 Å². The molecule has 112 valence electrons. The van der Waals surface area contributed by atoms with E-state index in [4.69, 9.17) is 4.74 Å². The number of methoxy groups -OCH3 is 1. The van der Waals surface area contributed by atoms with E-state index in [-0.39, 0.29) is 5.75 Å². The van der Waals surface area contributed by atoms with Gasteiger partial charge >= 0.3 is 5.97 Å². The average molecular weight is 309 g/mol. The minimum atomic E-state index is -3.04. The van der Waals surface area contributed by atoms with E-state index in [0.717, 1.165) is 0 Å². The van der Waals surface area contributed by atoms with Crippen LogP contribution in [0.4, 0.5) is 0 Å². The fourth-order valence-electron chi connectivity index (χ4n) is 2.66. The zero-order chi connectivity index (χ0) is 15.0. The molecular weight excluding hydrogens is 294 g/mol. The van der Waals surface area contributed by atoms with Crippen LogP contribution in [0.15, 0.2) is 18.3 Å². The summed E-state index contributed by atoms with van der Waals surface area (Å²) in [6, 6.07) is 3.29. The van der Waals surface area contributed by atoms with Crippen LogP contribution in [-0.2, 0) is 21.0 Å². The number of esters is 1. The lowest BCUT2D eigenvalue weighted by molar-refractivity contribution is 0.0602.